The lowest BCUT2D eigenvalue weighted by Crippen LogP contribution is -2.28. The number of anilines is 1. The normalized spacial score (nSPS) is 11.7. The lowest BCUT2D eigenvalue weighted by atomic mass is 10.1. The number of rotatable bonds is 6. The third kappa shape index (κ3) is 4.47. The van der Waals surface area contributed by atoms with Gasteiger partial charge in [0.1, 0.15) is 5.75 Å². The topological polar surface area (TPSA) is 61.8 Å². The van der Waals surface area contributed by atoms with E-state index < -0.39 is 6.10 Å². The first kappa shape index (κ1) is 16.8. The molecule has 0 spiro atoms. The highest BCUT2D eigenvalue weighted by Gasteiger charge is 2.11. The highest BCUT2D eigenvalue weighted by atomic mass is 16.5. The van der Waals surface area contributed by atoms with Crippen LogP contribution in [0.25, 0.3) is 0 Å². The van der Waals surface area contributed by atoms with Crippen LogP contribution in [-0.4, -0.2) is 38.8 Å². The molecule has 1 unspecified atom stereocenters. The van der Waals surface area contributed by atoms with Crippen molar-refractivity contribution in [1.29, 1.82) is 0 Å². The molecule has 122 valence electrons. The van der Waals surface area contributed by atoms with Crippen LogP contribution in [0.2, 0.25) is 0 Å². The van der Waals surface area contributed by atoms with Crippen LogP contribution in [0.1, 0.15) is 22.0 Å². The van der Waals surface area contributed by atoms with E-state index in [2.05, 4.69) is 5.32 Å². The van der Waals surface area contributed by atoms with Gasteiger partial charge in [-0.1, -0.05) is 12.1 Å². The number of ether oxygens (including phenoxy) is 1. The maximum absolute atomic E-state index is 12.1. The number of hydrogen-bond donors (Lipinski definition) is 2. The Morgan fingerprint density at radius 1 is 1.13 bits per heavy atom. The minimum Gasteiger partial charge on any atom is -0.497 e. The van der Waals surface area contributed by atoms with Crippen LogP contribution in [0.5, 0.6) is 5.75 Å². The molecule has 1 atom stereocenters. The van der Waals surface area contributed by atoms with Gasteiger partial charge < -0.3 is 20.1 Å². The molecule has 5 nitrogen and oxygen atoms in total. The molecule has 0 radical (unpaired) electrons. The molecular formula is C18H22N2O3. The second-order valence-corrected chi connectivity index (χ2v) is 5.44. The summed E-state index contributed by atoms with van der Waals surface area (Å²) in [5, 5.41) is 12.9. The fourth-order valence-corrected chi connectivity index (χ4v) is 2.15. The number of nitrogens with zero attached hydrogens (tertiary/aromatic N) is 1. The number of benzene rings is 2. The van der Waals surface area contributed by atoms with Crippen LogP contribution in [0.4, 0.5) is 5.69 Å². The maximum Gasteiger partial charge on any atom is 0.251 e. The number of carbonyl (C=O) groups is 1. The van der Waals surface area contributed by atoms with Crippen LogP contribution in [0, 0.1) is 0 Å². The summed E-state index contributed by atoms with van der Waals surface area (Å²) in [6, 6.07) is 14.4. The van der Waals surface area contributed by atoms with E-state index in [-0.39, 0.29) is 12.5 Å². The molecule has 0 fully saturated rings. The predicted octanol–water partition coefficient (Wildman–Crippen LogP) is 2.22. The van der Waals surface area contributed by atoms with E-state index in [4.69, 9.17) is 4.74 Å². The maximum atomic E-state index is 12.1. The Morgan fingerprint density at radius 2 is 1.74 bits per heavy atom. The summed E-state index contributed by atoms with van der Waals surface area (Å²) < 4.78 is 5.06. The quantitative estimate of drug-likeness (QED) is 0.858. The third-order valence-electron chi connectivity index (χ3n) is 3.60. The summed E-state index contributed by atoms with van der Waals surface area (Å²) in [5.74, 6) is 0.471. The Bertz CT molecular complexity index is 636. The van der Waals surface area contributed by atoms with Gasteiger partial charge in [-0.2, -0.15) is 0 Å². The van der Waals surface area contributed by atoms with Gasteiger partial charge in [0.05, 0.1) is 13.2 Å². The Balaban J connectivity index is 1.92. The van der Waals surface area contributed by atoms with Crippen LogP contribution in [0.3, 0.4) is 0 Å². The van der Waals surface area contributed by atoms with E-state index in [9.17, 15) is 9.90 Å². The molecule has 2 rings (SSSR count). The molecule has 23 heavy (non-hydrogen) atoms. The third-order valence-corrected chi connectivity index (χ3v) is 3.60. The number of amides is 1. The van der Waals surface area contributed by atoms with Gasteiger partial charge >= 0.3 is 0 Å². The highest BCUT2D eigenvalue weighted by molar-refractivity contribution is 5.94. The van der Waals surface area contributed by atoms with E-state index in [1.165, 1.54) is 0 Å². The second-order valence-electron chi connectivity index (χ2n) is 5.44. The smallest absolute Gasteiger partial charge is 0.251 e. The summed E-state index contributed by atoms with van der Waals surface area (Å²) in [6.07, 6.45) is -0.742. The van der Waals surface area contributed by atoms with Gasteiger partial charge in [-0.3, -0.25) is 4.79 Å². The summed E-state index contributed by atoms with van der Waals surface area (Å²) in [4.78, 5) is 14.0. The van der Waals surface area contributed by atoms with Crippen LogP contribution in [0.15, 0.2) is 48.5 Å². The molecule has 2 aromatic carbocycles. The Kier molecular flexibility index (Phi) is 5.60. The number of aliphatic hydroxyl groups excluding tert-OH is 1. The van der Waals surface area contributed by atoms with Gasteiger partial charge in [-0.15, -0.1) is 0 Å². The molecule has 2 aromatic rings. The number of hydrogen-bond acceptors (Lipinski definition) is 4. The highest BCUT2D eigenvalue weighted by Crippen LogP contribution is 2.17. The summed E-state index contributed by atoms with van der Waals surface area (Å²) >= 11 is 0. The molecule has 5 heteroatoms. The molecule has 0 bridgehead atoms. The van der Waals surface area contributed by atoms with Crippen molar-refractivity contribution in [1.82, 2.24) is 5.32 Å². The van der Waals surface area contributed by atoms with Crippen molar-refractivity contribution in [3.63, 3.8) is 0 Å². The minimum atomic E-state index is -0.742. The average Bonchev–Trinajstić information content (AvgIpc) is 2.59. The molecule has 1 amide bonds. The summed E-state index contributed by atoms with van der Waals surface area (Å²) in [5.41, 5.74) is 2.36. The van der Waals surface area contributed by atoms with Gasteiger partial charge in [0.25, 0.3) is 5.91 Å². The van der Waals surface area contributed by atoms with E-state index in [1.54, 1.807) is 31.4 Å². The number of nitrogens with one attached hydrogen (secondary N) is 1. The van der Waals surface area contributed by atoms with E-state index in [0.717, 1.165) is 11.3 Å². The second kappa shape index (κ2) is 7.65. The van der Waals surface area contributed by atoms with Crippen LogP contribution < -0.4 is 15.0 Å². The Hall–Kier alpha value is -2.53. The zero-order chi connectivity index (χ0) is 16.8. The fraction of sp³-hybridized carbons (Fsp3) is 0.278. The molecule has 0 saturated heterocycles. The molecule has 0 aliphatic carbocycles. The summed E-state index contributed by atoms with van der Waals surface area (Å²) in [6.45, 7) is 0.159. The first-order valence-electron chi connectivity index (χ1n) is 7.39. The first-order chi connectivity index (χ1) is 11.0. The van der Waals surface area contributed by atoms with Crippen molar-refractivity contribution >= 4 is 11.6 Å². The fourth-order valence-electron chi connectivity index (χ4n) is 2.15. The molecule has 0 aliphatic heterocycles. The SMILES string of the molecule is COc1ccc(C(=O)NCC(O)c2ccc(N(C)C)cc2)cc1. The van der Waals surface area contributed by atoms with Crippen LogP contribution in [-0.2, 0) is 0 Å². The van der Waals surface area contributed by atoms with Crippen molar-refractivity contribution in [2.45, 2.75) is 6.10 Å². The van der Waals surface area contributed by atoms with Crippen LogP contribution >= 0.6 is 0 Å². The first-order valence-corrected chi connectivity index (χ1v) is 7.39. The van der Waals surface area contributed by atoms with Gasteiger partial charge in [-0.05, 0) is 42.0 Å². The number of carbonyl (C=O) groups excluding carboxylic acids is 1. The monoisotopic (exact) mass is 314 g/mol. The molecule has 0 saturated carbocycles. The lowest BCUT2D eigenvalue weighted by molar-refractivity contribution is 0.0916. The van der Waals surface area contributed by atoms with E-state index in [1.807, 2.05) is 43.3 Å². The predicted molar refractivity (Wildman–Crippen MR) is 91.1 cm³/mol. The standard InChI is InChI=1S/C18H22N2O3/c1-20(2)15-8-4-13(5-9-15)17(21)12-19-18(22)14-6-10-16(23-3)11-7-14/h4-11,17,21H,12H2,1-3H3,(H,19,22). The Morgan fingerprint density at radius 3 is 2.26 bits per heavy atom. The Labute approximate surface area is 136 Å². The van der Waals surface area contributed by atoms with E-state index in [0.29, 0.717) is 11.3 Å². The molecule has 0 aromatic heterocycles. The molecular weight excluding hydrogens is 292 g/mol. The molecule has 0 heterocycles. The van der Waals surface area contributed by atoms with Gasteiger partial charge in [0, 0.05) is 31.9 Å². The zero-order valence-electron chi connectivity index (χ0n) is 13.6. The van der Waals surface area contributed by atoms with Crippen molar-refractivity contribution in [3.05, 3.63) is 59.7 Å². The van der Waals surface area contributed by atoms with Gasteiger partial charge in [0.15, 0.2) is 0 Å². The number of aliphatic hydroxyl groups is 1. The van der Waals surface area contributed by atoms with Crippen molar-refractivity contribution in [3.8, 4) is 5.75 Å². The molecule has 2 N–H and O–H groups in total. The largest absolute Gasteiger partial charge is 0.497 e. The number of methoxy groups -OCH3 is 1. The van der Waals surface area contributed by atoms with Gasteiger partial charge in [-0.25, -0.2) is 0 Å². The van der Waals surface area contributed by atoms with Crippen molar-refractivity contribution in [2.24, 2.45) is 0 Å². The lowest BCUT2D eigenvalue weighted by Gasteiger charge is -2.16. The zero-order valence-corrected chi connectivity index (χ0v) is 13.6. The summed E-state index contributed by atoms with van der Waals surface area (Å²) in [7, 11) is 5.49. The minimum absolute atomic E-state index is 0.159. The molecule has 0 aliphatic rings. The van der Waals surface area contributed by atoms with Crippen molar-refractivity contribution < 1.29 is 14.6 Å². The average molecular weight is 314 g/mol. The van der Waals surface area contributed by atoms with E-state index >= 15 is 0 Å². The van der Waals surface area contributed by atoms with Crippen molar-refractivity contribution in [2.75, 3.05) is 32.6 Å². The van der Waals surface area contributed by atoms with Gasteiger partial charge in [0.2, 0.25) is 0 Å².